The molecule has 0 spiro atoms. The van der Waals surface area contributed by atoms with E-state index >= 15 is 0 Å². The van der Waals surface area contributed by atoms with Crippen LogP contribution in [0.1, 0.15) is 43.6 Å². The van der Waals surface area contributed by atoms with Gasteiger partial charge in [0, 0.05) is 7.05 Å². The summed E-state index contributed by atoms with van der Waals surface area (Å²) in [5, 5.41) is 7.83. The fourth-order valence-electron chi connectivity index (χ4n) is 2.19. The topological polar surface area (TPSA) is 56.7 Å². The lowest BCUT2D eigenvalue weighted by Gasteiger charge is -2.25. The van der Waals surface area contributed by atoms with Crippen molar-refractivity contribution >= 4 is 0 Å². The van der Waals surface area contributed by atoms with Crippen LogP contribution in [0.2, 0.25) is 0 Å². The van der Waals surface area contributed by atoms with Gasteiger partial charge in [-0.15, -0.1) is 5.10 Å². The Hall–Kier alpha value is -1.68. The molecule has 1 aromatic heterocycles. The second-order valence-corrected chi connectivity index (χ2v) is 5.60. The van der Waals surface area contributed by atoms with E-state index in [0.29, 0.717) is 0 Å². The zero-order chi connectivity index (χ0) is 13.3. The van der Waals surface area contributed by atoms with Gasteiger partial charge in [-0.25, -0.2) is 0 Å². The minimum absolute atomic E-state index is 0.0697. The third-order valence-electron chi connectivity index (χ3n) is 3.17. The van der Waals surface area contributed by atoms with E-state index in [-0.39, 0.29) is 11.5 Å². The second-order valence-electron chi connectivity index (χ2n) is 5.60. The average Bonchev–Trinajstić information content (AvgIpc) is 2.73. The van der Waals surface area contributed by atoms with Crippen LogP contribution in [-0.4, -0.2) is 15.0 Å². The number of aryl methyl sites for hydroxylation is 1. The van der Waals surface area contributed by atoms with Gasteiger partial charge in [0.2, 0.25) is 0 Å². The van der Waals surface area contributed by atoms with E-state index in [1.165, 1.54) is 5.56 Å². The zero-order valence-electron chi connectivity index (χ0n) is 11.4. The number of nitrogens with zero attached hydrogens (tertiary/aromatic N) is 3. The number of hydrogen-bond acceptors (Lipinski definition) is 3. The fourth-order valence-corrected chi connectivity index (χ4v) is 2.19. The standard InChI is InChI=1S/C14H20N4/c1-14(2,3)11-8-6-5-7-10(11)13(15)12-9-16-17-18(12)4/h5-9,13H,15H2,1-4H3. The summed E-state index contributed by atoms with van der Waals surface area (Å²) in [6, 6.07) is 8.10. The van der Waals surface area contributed by atoms with Crippen LogP contribution >= 0.6 is 0 Å². The molecule has 0 radical (unpaired) electrons. The normalized spacial score (nSPS) is 13.6. The van der Waals surface area contributed by atoms with Gasteiger partial charge >= 0.3 is 0 Å². The van der Waals surface area contributed by atoms with Gasteiger partial charge < -0.3 is 5.73 Å². The Morgan fingerprint density at radius 3 is 2.44 bits per heavy atom. The highest BCUT2D eigenvalue weighted by molar-refractivity contribution is 5.38. The summed E-state index contributed by atoms with van der Waals surface area (Å²) in [6.45, 7) is 6.58. The van der Waals surface area contributed by atoms with E-state index in [4.69, 9.17) is 5.73 Å². The lowest BCUT2D eigenvalue weighted by Crippen LogP contribution is -2.22. The van der Waals surface area contributed by atoms with Gasteiger partial charge in [0.05, 0.1) is 17.9 Å². The summed E-state index contributed by atoms with van der Waals surface area (Å²) >= 11 is 0. The molecule has 0 aliphatic rings. The Labute approximate surface area is 108 Å². The smallest absolute Gasteiger partial charge is 0.0796 e. The summed E-state index contributed by atoms with van der Waals surface area (Å²) in [5.74, 6) is 0. The van der Waals surface area contributed by atoms with Gasteiger partial charge in [0.15, 0.2) is 0 Å². The van der Waals surface area contributed by atoms with E-state index in [1.54, 1.807) is 10.9 Å². The van der Waals surface area contributed by atoms with E-state index in [0.717, 1.165) is 11.3 Å². The highest BCUT2D eigenvalue weighted by Gasteiger charge is 2.22. The van der Waals surface area contributed by atoms with Gasteiger partial charge in [-0.1, -0.05) is 50.3 Å². The maximum atomic E-state index is 6.36. The summed E-state index contributed by atoms with van der Waals surface area (Å²) in [4.78, 5) is 0. The SMILES string of the molecule is Cn1nncc1C(N)c1ccccc1C(C)(C)C. The largest absolute Gasteiger partial charge is 0.319 e. The van der Waals surface area contributed by atoms with Crippen LogP contribution in [0.15, 0.2) is 30.5 Å². The molecule has 0 saturated carbocycles. The van der Waals surface area contributed by atoms with E-state index in [2.05, 4.69) is 49.3 Å². The molecule has 2 N–H and O–H groups in total. The number of aromatic nitrogens is 3. The first-order valence-electron chi connectivity index (χ1n) is 6.11. The second kappa shape index (κ2) is 4.53. The summed E-state index contributed by atoms with van der Waals surface area (Å²) < 4.78 is 1.73. The quantitative estimate of drug-likeness (QED) is 0.880. The molecule has 1 atom stereocenters. The zero-order valence-corrected chi connectivity index (χ0v) is 11.4. The van der Waals surface area contributed by atoms with Gasteiger partial charge in [-0.05, 0) is 16.5 Å². The van der Waals surface area contributed by atoms with Crippen molar-refractivity contribution in [3.8, 4) is 0 Å². The molecule has 1 unspecified atom stereocenters. The highest BCUT2D eigenvalue weighted by Crippen LogP contribution is 2.30. The highest BCUT2D eigenvalue weighted by atomic mass is 15.4. The molecule has 0 saturated heterocycles. The molecule has 2 aromatic rings. The third-order valence-corrected chi connectivity index (χ3v) is 3.17. The van der Waals surface area contributed by atoms with Crippen molar-refractivity contribution in [1.82, 2.24) is 15.0 Å². The molecule has 96 valence electrons. The Balaban J connectivity index is 2.49. The molecule has 4 heteroatoms. The van der Waals surface area contributed by atoms with E-state index in [9.17, 15) is 0 Å². The molecule has 1 heterocycles. The Bertz CT molecular complexity index is 537. The maximum Gasteiger partial charge on any atom is 0.0796 e. The first-order valence-corrected chi connectivity index (χ1v) is 6.11. The van der Waals surface area contributed by atoms with Crippen molar-refractivity contribution in [2.75, 3.05) is 0 Å². The number of rotatable bonds is 2. The summed E-state index contributed by atoms with van der Waals surface area (Å²) in [7, 11) is 1.86. The van der Waals surface area contributed by atoms with Crippen molar-refractivity contribution in [3.63, 3.8) is 0 Å². The third kappa shape index (κ3) is 2.29. The lowest BCUT2D eigenvalue weighted by molar-refractivity contribution is 0.571. The van der Waals surface area contributed by atoms with E-state index < -0.39 is 0 Å². The van der Waals surface area contributed by atoms with Gasteiger partial charge in [0.25, 0.3) is 0 Å². The van der Waals surface area contributed by atoms with Crippen molar-refractivity contribution in [1.29, 1.82) is 0 Å². The van der Waals surface area contributed by atoms with Crippen molar-refractivity contribution in [2.45, 2.75) is 32.2 Å². The molecule has 4 nitrogen and oxygen atoms in total. The van der Waals surface area contributed by atoms with Gasteiger partial charge in [-0.2, -0.15) is 0 Å². The van der Waals surface area contributed by atoms with Crippen molar-refractivity contribution < 1.29 is 0 Å². The Morgan fingerprint density at radius 1 is 1.22 bits per heavy atom. The van der Waals surface area contributed by atoms with Crippen LogP contribution in [0.3, 0.4) is 0 Å². The number of hydrogen-bond donors (Lipinski definition) is 1. The molecule has 18 heavy (non-hydrogen) atoms. The summed E-state index contributed by atoms with van der Waals surface area (Å²) in [6.07, 6.45) is 1.73. The maximum absolute atomic E-state index is 6.36. The lowest BCUT2D eigenvalue weighted by atomic mass is 9.81. The van der Waals surface area contributed by atoms with Gasteiger partial charge in [-0.3, -0.25) is 4.68 Å². The predicted molar refractivity (Wildman–Crippen MR) is 72.2 cm³/mol. The molecule has 0 aliphatic heterocycles. The minimum Gasteiger partial charge on any atom is -0.319 e. The first-order chi connectivity index (χ1) is 8.41. The molecular formula is C14H20N4. The van der Waals surface area contributed by atoms with Crippen LogP contribution in [0, 0.1) is 0 Å². The van der Waals surface area contributed by atoms with Crippen LogP contribution in [0.25, 0.3) is 0 Å². The van der Waals surface area contributed by atoms with Crippen LogP contribution in [0.5, 0.6) is 0 Å². The molecule has 0 amide bonds. The van der Waals surface area contributed by atoms with E-state index in [1.807, 2.05) is 13.1 Å². The molecular weight excluding hydrogens is 224 g/mol. The van der Waals surface area contributed by atoms with Crippen molar-refractivity contribution in [3.05, 3.63) is 47.3 Å². The average molecular weight is 244 g/mol. The monoisotopic (exact) mass is 244 g/mol. The summed E-state index contributed by atoms with van der Waals surface area (Å²) in [5.41, 5.74) is 9.75. The van der Waals surface area contributed by atoms with Crippen LogP contribution in [-0.2, 0) is 12.5 Å². The van der Waals surface area contributed by atoms with Crippen LogP contribution < -0.4 is 5.73 Å². The Kier molecular flexibility index (Phi) is 3.22. The molecule has 2 rings (SSSR count). The molecule has 0 aliphatic carbocycles. The van der Waals surface area contributed by atoms with Crippen LogP contribution in [0.4, 0.5) is 0 Å². The first kappa shape index (κ1) is 12.8. The Morgan fingerprint density at radius 2 is 1.89 bits per heavy atom. The number of benzene rings is 1. The molecule has 1 aromatic carbocycles. The van der Waals surface area contributed by atoms with Gasteiger partial charge in [0.1, 0.15) is 0 Å². The minimum atomic E-state index is -0.194. The fraction of sp³-hybridized carbons (Fsp3) is 0.429. The molecule has 0 fully saturated rings. The molecule has 0 bridgehead atoms. The van der Waals surface area contributed by atoms with Crippen molar-refractivity contribution in [2.24, 2.45) is 12.8 Å². The predicted octanol–water partition coefficient (Wildman–Crippen LogP) is 2.16. The number of nitrogens with two attached hydrogens (primary N) is 1.